The van der Waals surface area contributed by atoms with Gasteiger partial charge >= 0.3 is 6.09 Å². The lowest BCUT2D eigenvalue weighted by Crippen LogP contribution is -2.39. The van der Waals surface area contributed by atoms with Crippen molar-refractivity contribution in [2.24, 2.45) is 0 Å². The van der Waals surface area contributed by atoms with Crippen LogP contribution in [0.1, 0.15) is 39.7 Å². The van der Waals surface area contributed by atoms with Gasteiger partial charge < -0.3 is 9.64 Å². The number of carbonyl (C=O) groups excluding carboxylic acids is 1. The summed E-state index contributed by atoms with van der Waals surface area (Å²) in [6.45, 7) is 11.2. The monoisotopic (exact) mass is 355 g/mol. The van der Waals surface area contributed by atoms with Gasteiger partial charge in [-0.25, -0.2) is 4.79 Å². The quantitative estimate of drug-likeness (QED) is 0.815. The summed E-state index contributed by atoms with van der Waals surface area (Å²) in [6, 6.07) is 9.02. The molecule has 0 spiro atoms. The van der Waals surface area contributed by atoms with Crippen LogP contribution >= 0.6 is 0 Å². The first-order valence-corrected chi connectivity index (χ1v) is 9.36. The Hall–Kier alpha value is -2.14. The number of fused-ring (bicyclic) bond motifs is 1. The fraction of sp³-hybridized carbons (Fsp3) is 0.524. The molecular weight excluding hydrogens is 326 g/mol. The molecule has 0 aliphatic carbocycles. The average molecular weight is 355 g/mol. The number of benzene rings is 1. The van der Waals surface area contributed by atoms with Crippen LogP contribution in [0.15, 0.2) is 36.7 Å². The van der Waals surface area contributed by atoms with Crippen LogP contribution in [0, 0.1) is 0 Å². The minimum atomic E-state index is -0.450. The van der Waals surface area contributed by atoms with E-state index in [0.717, 1.165) is 31.4 Å². The van der Waals surface area contributed by atoms with Gasteiger partial charge in [0.25, 0.3) is 0 Å². The van der Waals surface area contributed by atoms with Crippen molar-refractivity contribution in [2.75, 3.05) is 19.6 Å². The summed E-state index contributed by atoms with van der Waals surface area (Å²) >= 11 is 0. The Morgan fingerprint density at radius 3 is 2.77 bits per heavy atom. The van der Waals surface area contributed by atoms with Crippen LogP contribution in [0.2, 0.25) is 0 Å². The van der Waals surface area contributed by atoms with E-state index in [1.54, 1.807) is 0 Å². The Kier molecular flexibility index (Phi) is 5.47. The molecule has 26 heavy (non-hydrogen) atoms. The fourth-order valence-electron chi connectivity index (χ4n) is 3.32. The highest BCUT2D eigenvalue weighted by atomic mass is 16.6. The molecule has 0 saturated carbocycles. The van der Waals surface area contributed by atoms with E-state index in [-0.39, 0.29) is 6.09 Å². The van der Waals surface area contributed by atoms with Crippen molar-refractivity contribution in [2.45, 2.75) is 52.3 Å². The van der Waals surface area contributed by atoms with Crippen LogP contribution in [0.4, 0.5) is 4.79 Å². The van der Waals surface area contributed by atoms with Gasteiger partial charge in [-0.05, 0) is 57.2 Å². The van der Waals surface area contributed by atoms with Gasteiger partial charge in [0.05, 0.1) is 0 Å². The zero-order valence-electron chi connectivity index (χ0n) is 16.2. The molecule has 2 heterocycles. The van der Waals surface area contributed by atoms with E-state index in [1.165, 1.54) is 10.9 Å². The Morgan fingerprint density at radius 1 is 1.19 bits per heavy atom. The predicted octanol–water partition coefficient (Wildman–Crippen LogP) is 4.07. The molecule has 1 amide bonds. The van der Waals surface area contributed by atoms with Crippen molar-refractivity contribution in [3.63, 3.8) is 0 Å². The van der Waals surface area contributed by atoms with Crippen molar-refractivity contribution < 1.29 is 9.53 Å². The minimum absolute atomic E-state index is 0.204. The lowest BCUT2D eigenvalue weighted by molar-refractivity contribution is 0.0257. The van der Waals surface area contributed by atoms with Crippen LogP contribution in [-0.2, 0) is 11.3 Å². The zero-order valence-corrected chi connectivity index (χ0v) is 16.2. The summed E-state index contributed by atoms with van der Waals surface area (Å²) in [4.78, 5) is 20.8. The molecule has 3 rings (SSSR count). The number of amides is 1. The lowest BCUT2D eigenvalue weighted by atomic mass is 10.1. The molecule has 2 aromatic rings. The van der Waals surface area contributed by atoms with Crippen molar-refractivity contribution in [3.8, 4) is 0 Å². The molecule has 1 saturated heterocycles. The van der Waals surface area contributed by atoms with Gasteiger partial charge in [-0.15, -0.1) is 0 Å². The predicted molar refractivity (Wildman–Crippen MR) is 104 cm³/mol. The maximum Gasteiger partial charge on any atom is 0.410 e. The van der Waals surface area contributed by atoms with Crippen LogP contribution in [-0.4, -0.2) is 52.2 Å². The topological polar surface area (TPSA) is 45.7 Å². The van der Waals surface area contributed by atoms with Gasteiger partial charge in [0.1, 0.15) is 5.60 Å². The first-order chi connectivity index (χ1) is 12.3. The number of hydrogen-bond acceptors (Lipinski definition) is 4. The zero-order chi connectivity index (χ0) is 18.7. The van der Waals surface area contributed by atoms with Gasteiger partial charge in [0, 0.05) is 50.0 Å². The van der Waals surface area contributed by atoms with Crippen LogP contribution in [0.3, 0.4) is 0 Å². The number of hydrogen-bond donors (Lipinski definition) is 0. The van der Waals surface area contributed by atoms with Crippen LogP contribution < -0.4 is 0 Å². The van der Waals surface area contributed by atoms with E-state index in [1.807, 2.05) is 38.1 Å². The van der Waals surface area contributed by atoms with Crippen molar-refractivity contribution in [1.82, 2.24) is 14.8 Å². The summed E-state index contributed by atoms with van der Waals surface area (Å²) in [5.41, 5.74) is 0.843. The molecule has 1 aliphatic heterocycles. The van der Waals surface area contributed by atoms with E-state index in [0.29, 0.717) is 12.6 Å². The van der Waals surface area contributed by atoms with Crippen LogP contribution in [0.5, 0.6) is 0 Å². The van der Waals surface area contributed by atoms with Crippen LogP contribution in [0.25, 0.3) is 10.8 Å². The minimum Gasteiger partial charge on any atom is -0.444 e. The van der Waals surface area contributed by atoms with E-state index in [9.17, 15) is 4.79 Å². The Morgan fingerprint density at radius 2 is 2.00 bits per heavy atom. The standard InChI is InChI=1S/C21H29N3O2/c1-16-8-10-23(20(25)26-21(2,3)4)11-12-24(16)15-17-5-6-19-14-22-9-7-18(19)13-17/h5-7,9,13-14,16H,8,10-12,15H2,1-4H3. The highest BCUT2D eigenvalue weighted by Crippen LogP contribution is 2.20. The normalized spacial score (nSPS) is 19.4. The fourth-order valence-corrected chi connectivity index (χ4v) is 3.32. The molecule has 0 radical (unpaired) electrons. The van der Waals surface area contributed by atoms with Crippen molar-refractivity contribution in [3.05, 3.63) is 42.2 Å². The third-order valence-corrected chi connectivity index (χ3v) is 4.84. The number of carbonyl (C=O) groups is 1. The second kappa shape index (κ2) is 7.62. The molecule has 1 fully saturated rings. The van der Waals surface area contributed by atoms with Crippen molar-refractivity contribution >= 4 is 16.9 Å². The summed E-state index contributed by atoms with van der Waals surface area (Å²) in [7, 11) is 0. The van der Waals surface area contributed by atoms with E-state index in [4.69, 9.17) is 4.74 Å². The highest BCUT2D eigenvalue weighted by Gasteiger charge is 2.27. The Balaban J connectivity index is 1.65. The van der Waals surface area contributed by atoms with Crippen molar-refractivity contribution in [1.29, 1.82) is 0 Å². The molecular formula is C21H29N3O2. The lowest BCUT2D eigenvalue weighted by Gasteiger charge is -2.27. The van der Waals surface area contributed by atoms with Gasteiger partial charge in [0.15, 0.2) is 0 Å². The van der Waals surface area contributed by atoms with E-state index < -0.39 is 5.60 Å². The number of pyridine rings is 1. The Labute approximate surface area is 156 Å². The van der Waals surface area contributed by atoms with Gasteiger partial charge in [-0.3, -0.25) is 9.88 Å². The molecule has 1 aromatic carbocycles. The third-order valence-electron chi connectivity index (χ3n) is 4.84. The number of ether oxygens (including phenoxy) is 1. The highest BCUT2D eigenvalue weighted by molar-refractivity contribution is 5.82. The van der Waals surface area contributed by atoms with Gasteiger partial charge in [-0.1, -0.05) is 12.1 Å². The largest absolute Gasteiger partial charge is 0.444 e. The first kappa shape index (κ1) is 18.6. The number of aromatic nitrogens is 1. The second-order valence-electron chi connectivity index (χ2n) is 8.13. The molecule has 0 bridgehead atoms. The smallest absolute Gasteiger partial charge is 0.410 e. The molecule has 5 heteroatoms. The summed E-state index contributed by atoms with van der Waals surface area (Å²) in [5.74, 6) is 0. The maximum absolute atomic E-state index is 12.4. The average Bonchev–Trinajstić information content (AvgIpc) is 2.76. The first-order valence-electron chi connectivity index (χ1n) is 9.36. The third kappa shape index (κ3) is 4.73. The molecule has 1 aromatic heterocycles. The summed E-state index contributed by atoms with van der Waals surface area (Å²) in [5, 5.41) is 2.38. The van der Waals surface area contributed by atoms with E-state index in [2.05, 4.69) is 41.1 Å². The maximum atomic E-state index is 12.4. The Bertz CT molecular complexity index is 769. The molecule has 1 atom stereocenters. The number of nitrogens with zero attached hydrogens (tertiary/aromatic N) is 3. The van der Waals surface area contributed by atoms with Gasteiger partial charge in [-0.2, -0.15) is 0 Å². The van der Waals surface area contributed by atoms with Gasteiger partial charge in [0.2, 0.25) is 0 Å². The molecule has 1 unspecified atom stereocenters. The second-order valence-corrected chi connectivity index (χ2v) is 8.13. The number of rotatable bonds is 2. The molecule has 0 N–H and O–H groups in total. The molecule has 1 aliphatic rings. The SMILES string of the molecule is CC1CCN(C(=O)OC(C)(C)C)CCN1Cc1ccc2cnccc2c1. The summed E-state index contributed by atoms with van der Waals surface area (Å²) in [6.07, 6.45) is 4.48. The molecule has 140 valence electrons. The van der Waals surface area contributed by atoms with E-state index >= 15 is 0 Å². The molecule has 5 nitrogen and oxygen atoms in total. The summed E-state index contributed by atoms with van der Waals surface area (Å²) < 4.78 is 5.53.